The fourth-order valence-corrected chi connectivity index (χ4v) is 4.99. The van der Waals surface area contributed by atoms with E-state index in [1.807, 2.05) is 0 Å². The summed E-state index contributed by atoms with van der Waals surface area (Å²) in [4.78, 5) is 25.0. The average molecular weight is 531 g/mol. The lowest BCUT2D eigenvalue weighted by Crippen LogP contribution is -2.21. The van der Waals surface area contributed by atoms with E-state index in [9.17, 15) is 18.0 Å². The first-order valence-electron chi connectivity index (χ1n) is 7.74. The molecule has 0 fully saturated rings. The number of hydrogen-bond donors (Lipinski definition) is 0. The number of rotatable bonds is 4. The molecule has 0 bridgehead atoms. The Hall–Kier alpha value is -2.17. The third-order valence-electron chi connectivity index (χ3n) is 4.02. The van der Waals surface area contributed by atoms with Crippen LogP contribution in [-0.2, 0) is 19.5 Å². The molecule has 0 aliphatic heterocycles. The van der Waals surface area contributed by atoms with Crippen molar-refractivity contribution in [3.8, 4) is 0 Å². The number of aromatic nitrogens is 1. The maximum absolute atomic E-state index is 13.4. The molecule has 146 valence electrons. The Morgan fingerprint density at radius 3 is 2.07 bits per heavy atom. The third-order valence-corrected chi connectivity index (χ3v) is 7.59. The molecule has 28 heavy (non-hydrogen) atoms. The smallest absolute Gasteiger partial charge is 0.356 e. The fraction of sp³-hybridized carbons (Fsp3) is 0.111. The van der Waals surface area contributed by atoms with Crippen molar-refractivity contribution in [3.05, 3.63) is 62.7 Å². The van der Waals surface area contributed by atoms with E-state index in [0.29, 0.717) is 8.95 Å². The zero-order chi connectivity index (χ0) is 20.6. The van der Waals surface area contributed by atoms with Crippen LogP contribution in [0, 0.1) is 0 Å². The van der Waals surface area contributed by atoms with Crippen molar-refractivity contribution in [2.24, 2.45) is 0 Å². The topological polar surface area (TPSA) is 91.7 Å². The molecule has 0 saturated carbocycles. The van der Waals surface area contributed by atoms with Crippen LogP contribution in [0.5, 0.6) is 0 Å². The molecule has 3 rings (SSSR count). The van der Waals surface area contributed by atoms with Crippen LogP contribution in [0.3, 0.4) is 0 Å². The number of hydrogen-bond acceptors (Lipinski definition) is 6. The van der Waals surface area contributed by atoms with E-state index >= 15 is 0 Å². The van der Waals surface area contributed by atoms with Crippen LogP contribution in [0.2, 0.25) is 0 Å². The lowest BCUT2D eigenvalue weighted by Gasteiger charge is -2.11. The summed E-state index contributed by atoms with van der Waals surface area (Å²) in [6.07, 6.45) is 0. The van der Waals surface area contributed by atoms with Gasteiger partial charge in [-0.1, -0.05) is 18.2 Å². The van der Waals surface area contributed by atoms with Crippen LogP contribution in [0.4, 0.5) is 0 Å². The van der Waals surface area contributed by atoms with Gasteiger partial charge in [0.15, 0.2) is 5.69 Å². The van der Waals surface area contributed by atoms with Gasteiger partial charge < -0.3 is 9.47 Å². The molecule has 0 radical (unpaired) electrons. The summed E-state index contributed by atoms with van der Waals surface area (Å²) in [6.45, 7) is 0. The van der Waals surface area contributed by atoms with E-state index in [1.54, 1.807) is 18.2 Å². The molecular formula is C18H13Br2NO6S. The van der Waals surface area contributed by atoms with Gasteiger partial charge in [-0.05, 0) is 56.1 Å². The van der Waals surface area contributed by atoms with Crippen molar-refractivity contribution >= 4 is 64.7 Å². The number of nitrogens with zero attached hydrogens (tertiary/aromatic N) is 1. The highest BCUT2D eigenvalue weighted by atomic mass is 79.9. The van der Waals surface area contributed by atoms with Crippen molar-refractivity contribution in [1.29, 1.82) is 0 Å². The number of methoxy groups -OCH3 is 2. The molecular weight excluding hydrogens is 518 g/mol. The van der Waals surface area contributed by atoms with Crippen LogP contribution < -0.4 is 0 Å². The maximum atomic E-state index is 13.4. The standard InChI is InChI=1S/C18H13Br2NO6S/c1-26-17(22)15-11-8-12(19)13(20)9-14(11)21(16(15)18(23)27-2)28(24,25)10-6-4-3-5-7-10/h3-9H,1-2H3. The Morgan fingerprint density at radius 2 is 1.50 bits per heavy atom. The molecule has 0 unspecified atom stereocenters. The number of carbonyl (C=O) groups excluding carboxylic acids is 2. The van der Waals surface area contributed by atoms with Crippen molar-refractivity contribution in [3.63, 3.8) is 0 Å². The van der Waals surface area contributed by atoms with Crippen LogP contribution in [0.1, 0.15) is 20.8 Å². The normalized spacial score (nSPS) is 11.4. The summed E-state index contributed by atoms with van der Waals surface area (Å²) in [5.41, 5.74) is -0.505. The zero-order valence-corrected chi connectivity index (χ0v) is 18.6. The van der Waals surface area contributed by atoms with Gasteiger partial charge in [0.05, 0.1) is 24.6 Å². The highest BCUT2D eigenvalue weighted by molar-refractivity contribution is 9.13. The van der Waals surface area contributed by atoms with Gasteiger partial charge >= 0.3 is 11.9 Å². The largest absolute Gasteiger partial charge is 0.465 e. The highest BCUT2D eigenvalue weighted by Crippen LogP contribution is 2.36. The quantitative estimate of drug-likeness (QED) is 0.474. The second kappa shape index (κ2) is 7.69. The summed E-state index contributed by atoms with van der Waals surface area (Å²) in [5, 5.41) is 0.224. The molecule has 0 aliphatic rings. The van der Waals surface area contributed by atoms with E-state index in [1.165, 1.54) is 24.3 Å². The number of benzene rings is 2. The van der Waals surface area contributed by atoms with E-state index in [0.717, 1.165) is 18.2 Å². The SMILES string of the molecule is COC(=O)c1c(C(=O)OC)n(S(=O)(=O)c2ccccc2)c2cc(Br)c(Br)cc12. The summed E-state index contributed by atoms with van der Waals surface area (Å²) < 4.78 is 38.3. The second-order valence-corrected chi connectivity index (χ2v) is 9.07. The minimum absolute atomic E-state index is 0.0486. The molecule has 1 aromatic heterocycles. The van der Waals surface area contributed by atoms with Crippen molar-refractivity contribution < 1.29 is 27.5 Å². The lowest BCUT2D eigenvalue weighted by molar-refractivity contribution is 0.0552. The summed E-state index contributed by atoms with van der Waals surface area (Å²) in [7, 11) is -1.98. The Morgan fingerprint density at radius 1 is 0.929 bits per heavy atom. The van der Waals surface area contributed by atoms with Gasteiger partial charge in [-0.2, -0.15) is 0 Å². The first kappa shape index (κ1) is 20.6. The first-order valence-corrected chi connectivity index (χ1v) is 10.8. The highest BCUT2D eigenvalue weighted by Gasteiger charge is 2.35. The second-order valence-electron chi connectivity index (χ2n) is 5.57. The van der Waals surface area contributed by atoms with E-state index in [4.69, 9.17) is 9.47 Å². The number of esters is 2. The Labute approximate surface area is 177 Å². The van der Waals surface area contributed by atoms with Gasteiger partial charge in [-0.15, -0.1) is 0 Å². The first-order chi connectivity index (χ1) is 13.2. The van der Waals surface area contributed by atoms with Gasteiger partial charge in [0.1, 0.15) is 5.56 Å². The van der Waals surface area contributed by atoms with E-state index in [2.05, 4.69) is 31.9 Å². The van der Waals surface area contributed by atoms with Crippen LogP contribution >= 0.6 is 31.9 Å². The van der Waals surface area contributed by atoms with E-state index < -0.39 is 27.7 Å². The Balaban J connectivity index is 2.56. The monoisotopic (exact) mass is 529 g/mol. The molecule has 0 amide bonds. The van der Waals surface area contributed by atoms with Crippen molar-refractivity contribution in [2.45, 2.75) is 4.90 Å². The summed E-state index contributed by atoms with van der Waals surface area (Å²) in [6, 6.07) is 10.6. The number of ether oxygens (including phenoxy) is 2. The van der Waals surface area contributed by atoms with Crippen molar-refractivity contribution in [1.82, 2.24) is 3.97 Å². The van der Waals surface area contributed by atoms with Crippen molar-refractivity contribution in [2.75, 3.05) is 14.2 Å². The number of halogens is 2. The molecule has 7 nitrogen and oxygen atoms in total. The molecule has 1 heterocycles. The van der Waals surface area contributed by atoms with Gasteiger partial charge in [0, 0.05) is 14.3 Å². The van der Waals surface area contributed by atoms with Crippen LogP contribution in [0.15, 0.2) is 56.3 Å². The summed E-state index contributed by atoms with van der Waals surface area (Å²) in [5.74, 6) is -1.84. The van der Waals surface area contributed by atoms with Gasteiger partial charge in [-0.3, -0.25) is 0 Å². The number of carbonyl (C=O) groups is 2. The molecule has 10 heteroatoms. The van der Waals surface area contributed by atoms with E-state index in [-0.39, 0.29) is 21.4 Å². The molecule has 2 aromatic carbocycles. The molecule has 0 N–H and O–H groups in total. The maximum Gasteiger partial charge on any atom is 0.356 e. The zero-order valence-electron chi connectivity index (χ0n) is 14.6. The minimum atomic E-state index is -4.23. The Bertz CT molecular complexity index is 1200. The predicted molar refractivity (Wildman–Crippen MR) is 109 cm³/mol. The molecule has 0 saturated heterocycles. The summed E-state index contributed by atoms with van der Waals surface area (Å²) >= 11 is 6.66. The third kappa shape index (κ3) is 3.25. The fourth-order valence-electron chi connectivity index (χ4n) is 2.79. The lowest BCUT2D eigenvalue weighted by atomic mass is 10.1. The van der Waals surface area contributed by atoms with Gasteiger partial charge in [0.2, 0.25) is 0 Å². The van der Waals surface area contributed by atoms with Gasteiger partial charge in [0.25, 0.3) is 10.0 Å². The predicted octanol–water partition coefficient (Wildman–Crippen LogP) is 3.98. The van der Waals surface area contributed by atoms with Crippen LogP contribution in [-0.4, -0.2) is 38.5 Å². The molecule has 0 aliphatic carbocycles. The van der Waals surface area contributed by atoms with Gasteiger partial charge in [-0.25, -0.2) is 22.0 Å². The minimum Gasteiger partial charge on any atom is -0.465 e. The average Bonchev–Trinajstić information content (AvgIpc) is 3.02. The molecule has 0 spiro atoms. The molecule has 3 aromatic rings. The Kier molecular flexibility index (Phi) is 5.64. The molecule has 0 atom stereocenters. The van der Waals surface area contributed by atoms with Crippen LogP contribution in [0.25, 0.3) is 10.9 Å². The number of fused-ring (bicyclic) bond motifs is 1.